The second kappa shape index (κ2) is 10.2. The van der Waals surface area contributed by atoms with E-state index in [1.54, 1.807) is 38.1 Å². The van der Waals surface area contributed by atoms with Gasteiger partial charge in [0.1, 0.15) is 0 Å². The molecule has 1 amide bonds. The first-order valence-corrected chi connectivity index (χ1v) is 13.4. The van der Waals surface area contributed by atoms with Crippen LogP contribution >= 0.6 is 11.8 Å². The first-order chi connectivity index (χ1) is 15.2. The van der Waals surface area contributed by atoms with Crippen LogP contribution in [0.1, 0.15) is 47.0 Å². The summed E-state index contributed by atoms with van der Waals surface area (Å²) in [5.41, 5.74) is 0.546. The molecule has 176 valence electrons. The highest BCUT2D eigenvalue weighted by Gasteiger charge is 2.29. The van der Waals surface area contributed by atoms with Crippen molar-refractivity contribution in [2.45, 2.75) is 69.1 Å². The number of aromatic nitrogens is 3. The van der Waals surface area contributed by atoms with Gasteiger partial charge < -0.3 is 10.7 Å². The molecule has 2 aromatic rings. The molecular weight excluding hydrogens is 448 g/mol. The van der Waals surface area contributed by atoms with Gasteiger partial charge in [-0.2, -0.15) is 4.31 Å². The smallest absolute Gasteiger partial charge is 0.243 e. The van der Waals surface area contributed by atoms with Crippen LogP contribution in [0.15, 0.2) is 34.3 Å². The molecule has 1 aromatic carbocycles. The number of carbonyl (C=O) groups is 1. The number of hydrogen-bond acceptors (Lipinski definition) is 7. The molecule has 11 heteroatoms. The topological polar surface area (TPSA) is 114 Å². The van der Waals surface area contributed by atoms with Gasteiger partial charge >= 0.3 is 0 Å². The second-order valence-corrected chi connectivity index (χ2v) is 10.9. The van der Waals surface area contributed by atoms with E-state index in [0.717, 1.165) is 19.3 Å². The van der Waals surface area contributed by atoms with E-state index in [4.69, 9.17) is 5.84 Å². The lowest BCUT2D eigenvalue weighted by molar-refractivity contribution is -0.134. The third kappa shape index (κ3) is 4.94. The lowest BCUT2D eigenvalue weighted by Crippen LogP contribution is -2.48. The van der Waals surface area contributed by atoms with Crippen molar-refractivity contribution in [1.82, 2.24) is 24.1 Å². The summed E-state index contributed by atoms with van der Waals surface area (Å²) in [6.07, 6.45) is 3.18. The van der Waals surface area contributed by atoms with E-state index in [-0.39, 0.29) is 28.6 Å². The van der Waals surface area contributed by atoms with Crippen LogP contribution in [0.25, 0.3) is 11.4 Å². The molecule has 0 bridgehead atoms. The fraction of sp³-hybridized carbons (Fsp3) is 0.571. The molecular formula is C21H32N6O3S2. The molecule has 0 unspecified atom stereocenters. The summed E-state index contributed by atoms with van der Waals surface area (Å²) in [7, 11) is -3.60. The molecule has 32 heavy (non-hydrogen) atoms. The van der Waals surface area contributed by atoms with Crippen LogP contribution in [0.2, 0.25) is 0 Å². The Morgan fingerprint density at radius 1 is 1.19 bits per heavy atom. The van der Waals surface area contributed by atoms with Crippen molar-refractivity contribution in [3.05, 3.63) is 24.3 Å². The van der Waals surface area contributed by atoms with E-state index in [1.165, 1.54) is 20.7 Å². The monoisotopic (exact) mass is 480 g/mol. The molecule has 1 aliphatic rings. The number of likely N-dealkylation sites (tertiary alicyclic amines) is 1. The van der Waals surface area contributed by atoms with E-state index in [1.807, 2.05) is 4.90 Å². The van der Waals surface area contributed by atoms with E-state index in [9.17, 15) is 13.2 Å². The predicted octanol–water partition coefficient (Wildman–Crippen LogP) is 2.57. The van der Waals surface area contributed by atoms with Crippen LogP contribution in [0, 0.1) is 0 Å². The lowest BCUT2D eigenvalue weighted by atomic mass is 9.98. The van der Waals surface area contributed by atoms with Gasteiger partial charge in [0, 0.05) is 30.7 Å². The van der Waals surface area contributed by atoms with Gasteiger partial charge in [-0.05, 0) is 45.2 Å². The fourth-order valence-corrected chi connectivity index (χ4v) is 6.42. The lowest BCUT2D eigenvalue weighted by Gasteiger charge is -2.39. The van der Waals surface area contributed by atoms with Crippen molar-refractivity contribution in [1.29, 1.82) is 0 Å². The van der Waals surface area contributed by atoms with Crippen molar-refractivity contribution in [2.24, 2.45) is 0 Å². The molecule has 0 saturated carbocycles. The Labute approximate surface area is 194 Å². The van der Waals surface area contributed by atoms with Crippen molar-refractivity contribution < 1.29 is 13.2 Å². The highest BCUT2D eigenvalue weighted by Crippen LogP contribution is 2.27. The molecule has 1 aliphatic heterocycles. The molecule has 1 fully saturated rings. The Balaban J connectivity index is 1.77. The highest BCUT2D eigenvalue weighted by molar-refractivity contribution is 7.99. The first-order valence-electron chi connectivity index (χ1n) is 11.0. The van der Waals surface area contributed by atoms with Gasteiger partial charge in [0.25, 0.3) is 0 Å². The number of hydrogen-bond donors (Lipinski definition) is 1. The zero-order valence-electron chi connectivity index (χ0n) is 19.1. The van der Waals surface area contributed by atoms with Crippen LogP contribution in [0.4, 0.5) is 0 Å². The maximum absolute atomic E-state index is 12.9. The summed E-state index contributed by atoms with van der Waals surface area (Å²) >= 11 is 1.24. The van der Waals surface area contributed by atoms with Gasteiger partial charge in [0.15, 0.2) is 5.82 Å². The Morgan fingerprint density at radius 3 is 2.47 bits per heavy atom. The molecule has 2 atom stereocenters. The van der Waals surface area contributed by atoms with Crippen molar-refractivity contribution in [3.63, 3.8) is 0 Å². The average molecular weight is 481 g/mol. The van der Waals surface area contributed by atoms with Gasteiger partial charge in [-0.3, -0.25) is 4.79 Å². The minimum atomic E-state index is -3.60. The number of nitrogens with zero attached hydrogens (tertiary/aromatic N) is 5. The molecule has 2 N–H and O–H groups in total. The van der Waals surface area contributed by atoms with E-state index in [2.05, 4.69) is 24.0 Å². The van der Waals surface area contributed by atoms with Crippen LogP contribution in [-0.2, 0) is 14.8 Å². The first kappa shape index (κ1) is 24.5. The summed E-state index contributed by atoms with van der Waals surface area (Å²) in [6, 6.07) is 6.98. The largest absolute Gasteiger partial charge is 0.337 e. The summed E-state index contributed by atoms with van der Waals surface area (Å²) in [5, 5.41) is 8.68. The molecule has 3 rings (SSSR count). The van der Waals surface area contributed by atoms with Crippen molar-refractivity contribution in [3.8, 4) is 11.4 Å². The van der Waals surface area contributed by atoms with Crippen LogP contribution in [-0.4, -0.2) is 69.3 Å². The normalized spacial score (nSPS) is 19.5. The zero-order chi connectivity index (χ0) is 23.5. The summed E-state index contributed by atoms with van der Waals surface area (Å²) in [5.74, 6) is 6.84. The minimum absolute atomic E-state index is 0.0616. The number of thioether (sulfide) groups is 1. The Bertz CT molecular complexity index is 1040. The van der Waals surface area contributed by atoms with Gasteiger partial charge in [-0.25, -0.2) is 13.1 Å². The Morgan fingerprint density at radius 2 is 1.84 bits per heavy atom. The fourth-order valence-electron chi connectivity index (χ4n) is 4.19. The number of rotatable bonds is 8. The summed E-state index contributed by atoms with van der Waals surface area (Å²) in [4.78, 5) is 14.9. The number of nitrogen functional groups attached to an aromatic ring is 1. The van der Waals surface area contributed by atoms with Crippen molar-refractivity contribution >= 4 is 27.7 Å². The standard InChI is InChI=1S/C21H32N6O3S2/c1-5-25(6-2)32(29,30)18-12-8-11-17(13-18)20-23-24-21(27(20)22)31-14-19(28)26-15(3)9-7-10-16(26)4/h8,11-13,15-16H,5-7,9-10,14,22H2,1-4H3/t15-,16-/m0/s1. The number of amides is 1. The second-order valence-electron chi connectivity index (χ2n) is 8.01. The number of piperidine rings is 1. The molecule has 9 nitrogen and oxygen atoms in total. The van der Waals surface area contributed by atoms with Gasteiger partial charge in [-0.1, -0.05) is 37.7 Å². The maximum atomic E-state index is 12.9. The third-order valence-electron chi connectivity index (χ3n) is 5.91. The Kier molecular flexibility index (Phi) is 7.84. The van der Waals surface area contributed by atoms with E-state index < -0.39 is 10.0 Å². The maximum Gasteiger partial charge on any atom is 0.243 e. The summed E-state index contributed by atoms with van der Waals surface area (Å²) < 4.78 is 28.4. The molecule has 1 saturated heterocycles. The molecule has 1 aromatic heterocycles. The highest BCUT2D eigenvalue weighted by atomic mass is 32.2. The zero-order valence-corrected chi connectivity index (χ0v) is 20.7. The molecule has 0 aliphatic carbocycles. The van der Waals surface area contributed by atoms with Crippen LogP contribution in [0.3, 0.4) is 0 Å². The molecule has 0 spiro atoms. The number of benzene rings is 1. The van der Waals surface area contributed by atoms with Crippen molar-refractivity contribution in [2.75, 3.05) is 24.7 Å². The molecule has 0 radical (unpaired) electrons. The molecule has 2 heterocycles. The average Bonchev–Trinajstić information content (AvgIpc) is 3.13. The van der Waals surface area contributed by atoms with Gasteiger partial charge in [0.05, 0.1) is 10.6 Å². The Hall–Kier alpha value is -2.11. The van der Waals surface area contributed by atoms with Crippen LogP contribution < -0.4 is 5.84 Å². The quantitative estimate of drug-likeness (QED) is 0.456. The van der Waals surface area contributed by atoms with E-state index in [0.29, 0.717) is 29.6 Å². The predicted molar refractivity (Wildman–Crippen MR) is 126 cm³/mol. The van der Waals surface area contributed by atoms with Gasteiger partial charge in [-0.15, -0.1) is 10.2 Å². The number of carbonyl (C=O) groups excluding carboxylic acids is 1. The number of sulfonamides is 1. The SMILES string of the molecule is CCN(CC)S(=O)(=O)c1cccc(-c2nnc(SCC(=O)N3[C@@H](C)CCC[C@@H]3C)n2N)c1. The third-order valence-corrected chi connectivity index (χ3v) is 8.88. The van der Waals surface area contributed by atoms with Gasteiger partial charge in [0.2, 0.25) is 21.1 Å². The number of nitrogens with two attached hydrogens (primary N) is 1. The minimum Gasteiger partial charge on any atom is -0.337 e. The van der Waals surface area contributed by atoms with E-state index >= 15 is 0 Å². The summed E-state index contributed by atoms with van der Waals surface area (Å²) in [6.45, 7) is 8.55. The van der Waals surface area contributed by atoms with Crippen LogP contribution in [0.5, 0.6) is 0 Å².